The van der Waals surface area contributed by atoms with Crippen LogP contribution in [0.25, 0.3) is 0 Å². The molecule has 0 radical (unpaired) electrons. The predicted octanol–water partition coefficient (Wildman–Crippen LogP) is 5.02. The molecule has 0 aliphatic heterocycles. The normalized spacial score (nSPS) is 11.7. The number of anilines is 1. The first-order valence-electron chi connectivity index (χ1n) is 11.0. The Hall–Kier alpha value is -2.50. The molecule has 1 atom stereocenters. The van der Waals surface area contributed by atoms with Crippen molar-refractivity contribution in [3.8, 4) is 5.75 Å². The van der Waals surface area contributed by atoms with Crippen molar-refractivity contribution in [2.24, 2.45) is 0 Å². The second-order valence-corrected chi connectivity index (χ2v) is 10.3. The average molecular weight is 579 g/mol. The highest BCUT2D eigenvalue weighted by molar-refractivity contribution is 9.10. The molecular formula is C24H28BrN5O3S2. The topological polar surface area (TPSA) is 98.1 Å². The number of amides is 2. The maximum Gasteiger partial charge on any atom is 0.251 e. The zero-order valence-corrected chi connectivity index (χ0v) is 23.0. The Morgan fingerprint density at radius 3 is 2.46 bits per heavy atom. The highest BCUT2D eigenvalue weighted by atomic mass is 79.9. The molecule has 2 N–H and O–H groups in total. The number of hydrogen-bond donors (Lipinski definition) is 2. The fourth-order valence-electron chi connectivity index (χ4n) is 3.31. The van der Waals surface area contributed by atoms with Crippen molar-refractivity contribution in [1.82, 2.24) is 20.1 Å². The Bertz CT molecular complexity index is 1120. The Balaban J connectivity index is 1.70. The smallest absolute Gasteiger partial charge is 0.251 e. The van der Waals surface area contributed by atoms with Gasteiger partial charge in [-0.15, -0.1) is 10.2 Å². The lowest BCUT2D eigenvalue weighted by Gasteiger charge is -2.19. The van der Waals surface area contributed by atoms with Crippen LogP contribution in [0, 0.1) is 0 Å². The van der Waals surface area contributed by atoms with Gasteiger partial charge in [-0.05, 0) is 73.9 Å². The number of nitrogens with one attached hydrogen (secondary N) is 2. The van der Waals surface area contributed by atoms with E-state index in [0.29, 0.717) is 35.3 Å². The minimum atomic E-state index is -0.310. The van der Waals surface area contributed by atoms with E-state index >= 15 is 0 Å². The van der Waals surface area contributed by atoms with Crippen molar-refractivity contribution in [3.05, 3.63) is 64.4 Å². The van der Waals surface area contributed by atoms with E-state index in [-0.39, 0.29) is 23.6 Å². The van der Waals surface area contributed by atoms with Crippen LogP contribution in [-0.4, -0.2) is 51.5 Å². The third kappa shape index (κ3) is 7.74. The highest BCUT2D eigenvalue weighted by Gasteiger charge is 2.23. The molecule has 1 aromatic heterocycles. The summed E-state index contributed by atoms with van der Waals surface area (Å²) in [5.41, 5.74) is 1.27. The summed E-state index contributed by atoms with van der Waals surface area (Å²) < 4.78 is 8.08. The van der Waals surface area contributed by atoms with Gasteiger partial charge in [0.25, 0.3) is 5.91 Å². The number of halogens is 1. The lowest BCUT2D eigenvalue weighted by molar-refractivity contribution is -0.113. The Labute approximate surface area is 222 Å². The second kappa shape index (κ2) is 13.6. The van der Waals surface area contributed by atoms with Crippen LogP contribution >= 0.6 is 39.5 Å². The average Bonchev–Trinajstić information content (AvgIpc) is 3.29. The van der Waals surface area contributed by atoms with Gasteiger partial charge < -0.3 is 19.9 Å². The quantitative estimate of drug-likeness (QED) is 0.291. The van der Waals surface area contributed by atoms with E-state index in [2.05, 4.69) is 36.8 Å². The van der Waals surface area contributed by atoms with Crippen molar-refractivity contribution in [2.75, 3.05) is 30.2 Å². The molecule has 35 heavy (non-hydrogen) atoms. The van der Waals surface area contributed by atoms with Crippen LogP contribution in [0.2, 0.25) is 0 Å². The SMILES string of the molecule is CCn1c(SCC(=O)Nc2ccc(Br)cc2)nnc1C(CCSC)NC(=O)c1ccc(OC)cc1. The third-order valence-electron chi connectivity index (χ3n) is 5.10. The van der Waals surface area contributed by atoms with E-state index in [0.717, 1.165) is 15.9 Å². The van der Waals surface area contributed by atoms with Crippen LogP contribution < -0.4 is 15.4 Å². The first kappa shape index (κ1) is 27.1. The van der Waals surface area contributed by atoms with Gasteiger partial charge in [-0.25, -0.2) is 0 Å². The summed E-state index contributed by atoms with van der Waals surface area (Å²) in [6.07, 6.45) is 2.73. The van der Waals surface area contributed by atoms with Crippen molar-refractivity contribution < 1.29 is 14.3 Å². The monoisotopic (exact) mass is 577 g/mol. The molecule has 186 valence electrons. The lowest BCUT2D eigenvalue weighted by atomic mass is 10.1. The van der Waals surface area contributed by atoms with Crippen molar-refractivity contribution in [3.63, 3.8) is 0 Å². The number of carbonyl (C=O) groups is 2. The van der Waals surface area contributed by atoms with Crippen LogP contribution in [-0.2, 0) is 11.3 Å². The number of aromatic nitrogens is 3. The minimum absolute atomic E-state index is 0.128. The lowest BCUT2D eigenvalue weighted by Crippen LogP contribution is -2.31. The first-order chi connectivity index (χ1) is 16.9. The van der Waals surface area contributed by atoms with E-state index in [1.165, 1.54) is 11.8 Å². The fourth-order valence-corrected chi connectivity index (χ4v) is 4.85. The standard InChI is InChI=1S/C24H28BrN5O3S2/c1-4-30-22(20(13-14-34-3)27-23(32)16-5-11-19(33-2)12-6-16)28-29-24(30)35-15-21(31)26-18-9-7-17(25)8-10-18/h5-12,20H,4,13-15H2,1-3H3,(H,26,31)(H,27,32). The molecule has 0 aliphatic carbocycles. The van der Waals surface area contributed by atoms with E-state index in [4.69, 9.17) is 4.74 Å². The molecule has 2 aromatic carbocycles. The predicted molar refractivity (Wildman–Crippen MR) is 145 cm³/mol. The van der Waals surface area contributed by atoms with Gasteiger partial charge in [0.1, 0.15) is 5.75 Å². The van der Waals surface area contributed by atoms with Crippen LogP contribution in [0.4, 0.5) is 5.69 Å². The van der Waals surface area contributed by atoms with Crippen molar-refractivity contribution >= 4 is 57.0 Å². The molecule has 1 unspecified atom stereocenters. The summed E-state index contributed by atoms with van der Waals surface area (Å²) in [5, 5.41) is 15.3. The Kier molecular flexibility index (Phi) is 10.5. The minimum Gasteiger partial charge on any atom is -0.497 e. The summed E-state index contributed by atoms with van der Waals surface area (Å²) in [4.78, 5) is 25.4. The zero-order valence-electron chi connectivity index (χ0n) is 19.8. The summed E-state index contributed by atoms with van der Waals surface area (Å²) in [6, 6.07) is 14.1. The van der Waals surface area contributed by atoms with Gasteiger partial charge in [-0.1, -0.05) is 27.7 Å². The summed E-state index contributed by atoms with van der Waals surface area (Å²) in [6.45, 7) is 2.61. The number of carbonyl (C=O) groups excluding carboxylic acids is 2. The first-order valence-corrected chi connectivity index (χ1v) is 14.2. The molecule has 0 saturated heterocycles. The molecule has 2 amide bonds. The maximum absolute atomic E-state index is 12.9. The van der Waals surface area contributed by atoms with Gasteiger partial charge in [0, 0.05) is 22.3 Å². The molecule has 0 aliphatic rings. The second-order valence-electron chi connectivity index (χ2n) is 7.46. The van der Waals surface area contributed by atoms with Gasteiger partial charge in [0.2, 0.25) is 5.91 Å². The molecule has 0 saturated carbocycles. The van der Waals surface area contributed by atoms with Crippen LogP contribution in [0.3, 0.4) is 0 Å². The molecular weight excluding hydrogens is 550 g/mol. The van der Waals surface area contributed by atoms with Crippen LogP contribution in [0.1, 0.15) is 35.6 Å². The third-order valence-corrected chi connectivity index (χ3v) is 7.24. The molecule has 3 rings (SSSR count). The van der Waals surface area contributed by atoms with Crippen molar-refractivity contribution in [1.29, 1.82) is 0 Å². The summed E-state index contributed by atoms with van der Waals surface area (Å²) in [7, 11) is 1.59. The molecule has 1 heterocycles. The molecule has 8 nitrogen and oxygen atoms in total. The number of ether oxygens (including phenoxy) is 1. The number of benzene rings is 2. The van der Waals surface area contributed by atoms with E-state index in [1.807, 2.05) is 42.0 Å². The number of methoxy groups -OCH3 is 1. The molecule has 0 bridgehead atoms. The Morgan fingerprint density at radius 1 is 1.11 bits per heavy atom. The highest BCUT2D eigenvalue weighted by Crippen LogP contribution is 2.24. The largest absolute Gasteiger partial charge is 0.497 e. The summed E-state index contributed by atoms with van der Waals surface area (Å²) in [5.74, 6) is 2.10. The molecule has 0 spiro atoms. The number of thioether (sulfide) groups is 2. The summed E-state index contributed by atoms with van der Waals surface area (Å²) >= 11 is 6.41. The van der Waals surface area contributed by atoms with Crippen molar-refractivity contribution in [2.45, 2.75) is 31.1 Å². The van der Waals surface area contributed by atoms with Gasteiger partial charge in [-0.3, -0.25) is 9.59 Å². The van der Waals surface area contributed by atoms with Gasteiger partial charge >= 0.3 is 0 Å². The molecule has 11 heteroatoms. The van der Waals surface area contributed by atoms with E-state index < -0.39 is 0 Å². The molecule has 0 fully saturated rings. The van der Waals surface area contributed by atoms with Gasteiger partial charge in [0.15, 0.2) is 11.0 Å². The fraction of sp³-hybridized carbons (Fsp3) is 0.333. The van der Waals surface area contributed by atoms with E-state index in [9.17, 15) is 9.59 Å². The number of hydrogen-bond acceptors (Lipinski definition) is 7. The van der Waals surface area contributed by atoms with Crippen LogP contribution in [0.5, 0.6) is 5.75 Å². The van der Waals surface area contributed by atoms with Gasteiger partial charge in [-0.2, -0.15) is 11.8 Å². The zero-order chi connectivity index (χ0) is 25.2. The Morgan fingerprint density at radius 2 is 1.83 bits per heavy atom. The maximum atomic E-state index is 12.9. The number of rotatable bonds is 12. The van der Waals surface area contributed by atoms with E-state index in [1.54, 1.807) is 43.1 Å². The van der Waals surface area contributed by atoms with Crippen LogP contribution in [0.15, 0.2) is 58.2 Å². The van der Waals surface area contributed by atoms with Gasteiger partial charge in [0.05, 0.1) is 18.9 Å². The number of nitrogens with zero attached hydrogens (tertiary/aromatic N) is 3. The molecule has 3 aromatic rings.